The van der Waals surface area contributed by atoms with E-state index in [0.29, 0.717) is 0 Å². The van der Waals surface area contributed by atoms with Gasteiger partial charge in [-0.2, -0.15) is 0 Å². The molecular weight excluding hydrogens is 216 g/mol. The molecule has 0 unspecified atom stereocenters. The van der Waals surface area contributed by atoms with E-state index in [9.17, 15) is 0 Å². The Morgan fingerprint density at radius 2 is 1.92 bits per heavy atom. The lowest BCUT2D eigenvalue weighted by Gasteiger charge is -1.83. The fourth-order valence-corrected chi connectivity index (χ4v) is 0.457. The van der Waals surface area contributed by atoms with Gasteiger partial charge in [0.15, 0.2) is 0 Å². The first-order valence-electron chi connectivity index (χ1n) is 3.61. The number of nitrogens with one attached hydrogen (secondary N) is 1. The molecule has 0 aliphatic carbocycles. The zero-order valence-corrected chi connectivity index (χ0v) is 8.95. The number of rotatable bonds is 2. The largest absolute Gasteiger partial charge is 0.392 e. The number of hydrogen-bond donors (Lipinski definition) is 1. The molecule has 1 aromatic heterocycles. The molecule has 0 bridgehead atoms. The van der Waals surface area contributed by atoms with Crippen molar-refractivity contribution in [2.75, 3.05) is 6.54 Å². The van der Waals surface area contributed by atoms with Gasteiger partial charge in [0, 0.05) is 18.9 Å². The monoisotopic (exact) mass is 230 g/mol. The lowest BCUT2D eigenvalue weighted by molar-refractivity contribution is 0.922. The van der Waals surface area contributed by atoms with Crippen molar-refractivity contribution in [2.24, 2.45) is 0 Å². The van der Waals surface area contributed by atoms with E-state index in [1.165, 1.54) is 0 Å². The van der Waals surface area contributed by atoms with Crippen molar-refractivity contribution >= 4 is 17.0 Å². The molecular formula is C9H15BrN2. The third kappa shape index (κ3) is 11.9. The highest BCUT2D eigenvalue weighted by Crippen LogP contribution is 1.73. The highest BCUT2D eigenvalue weighted by molar-refractivity contribution is 8.93. The summed E-state index contributed by atoms with van der Waals surface area (Å²) in [7, 11) is 0. The van der Waals surface area contributed by atoms with Crippen molar-refractivity contribution in [3.63, 3.8) is 0 Å². The minimum atomic E-state index is 0. The Morgan fingerprint density at radius 3 is 2.00 bits per heavy atom. The van der Waals surface area contributed by atoms with Gasteiger partial charge in [-0.15, -0.1) is 17.0 Å². The number of halogens is 1. The van der Waals surface area contributed by atoms with Gasteiger partial charge in [0.05, 0.1) is 0 Å². The maximum Gasteiger partial charge on any atom is 0.0267 e. The first-order valence-corrected chi connectivity index (χ1v) is 3.61. The van der Waals surface area contributed by atoms with E-state index in [0.717, 1.165) is 6.54 Å². The van der Waals surface area contributed by atoms with E-state index >= 15 is 0 Å². The second kappa shape index (κ2) is 12.8. The van der Waals surface area contributed by atoms with Gasteiger partial charge >= 0.3 is 0 Å². The van der Waals surface area contributed by atoms with E-state index in [1.807, 2.05) is 25.1 Å². The van der Waals surface area contributed by atoms with E-state index in [4.69, 9.17) is 0 Å². The Morgan fingerprint density at radius 1 is 1.33 bits per heavy atom. The Bertz CT molecular complexity index is 139. The van der Waals surface area contributed by atoms with Crippen molar-refractivity contribution in [3.05, 3.63) is 43.4 Å². The van der Waals surface area contributed by atoms with Crippen LogP contribution in [0.25, 0.3) is 0 Å². The summed E-state index contributed by atoms with van der Waals surface area (Å²) in [6, 6.07) is 5.72. The normalized spacial score (nSPS) is 6.75. The Hall–Kier alpha value is -0.830. The van der Waals surface area contributed by atoms with Crippen LogP contribution in [0.2, 0.25) is 0 Å². The molecule has 3 heteroatoms. The average Bonchev–Trinajstić information content (AvgIpc) is 2.10. The van der Waals surface area contributed by atoms with Crippen LogP contribution in [-0.4, -0.2) is 11.5 Å². The molecule has 1 rings (SSSR count). The zero-order valence-electron chi connectivity index (χ0n) is 7.23. The molecule has 0 saturated heterocycles. The predicted molar refractivity (Wildman–Crippen MR) is 58.4 cm³/mol. The third-order valence-corrected chi connectivity index (χ3v) is 0.915. The van der Waals surface area contributed by atoms with E-state index in [2.05, 4.69) is 16.9 Å². The summed E-state index contributed by atoms with van der Waals surface area (Å²) in [6.45, 7) is 6.44. The van der Waals surface area contributed by atoms with Gasteiger partial charge in [0.25, 0.3) is 0 Å². The second-order valence-electron chi connectivity index (χ2n) is 1.79. The average molecular weight is 231 g/mol. The van der Waals surface area contributed by atoms with Crippen LogP contribution in [0, 0.1) is 0 Å². The smallest absolute Gasteiger partial charge is 0.0267 e. The number of hydrogen-bond acceptors (Lipinski definition) is 2. The molecule has 0 radical (unpaired) electrons. The van der Waals surface area contributed by atoms with Crippen LogP contribution in [0.15, 0.2) is 43.4 Å². The summed E-state index contributed by atoms with van der Waals surface area (Å²) in [4.78, 5) is 3.78. The van der Waals surface area contributed by atoms with Gasteiger partial charge in [0.1, 0.15) is 0 Å². The first-order chi connectivity index (χ1) is 5.41. The van der Waals surface area contributed by atoms with Gasteiger partial charge in [-0.1, -0.05) is 12.6 Å². The molecule has 0 amide bonds. The van der Waals surface area contributed by atoms with Crippen LogP contribution < -0.4 is 5.32 Å². The topological polar surface area (TPSA) is 24.9 Å². The lowest BCUT2D eigenvalue weighted by Crippen LogP contribution is -1.99. The number of nitrogens with zero attached hydrogens (tertiary/aromatic N) is 1. The molecule has 2 nitrogen and oxygen atoms in total. The van der Waals surface area contributed by atoms with Crippen LogP contribution in [0.3, 0.4) is 0 Å². The van der Waals surface area contributed by atoms with Crippen LogP contribution in [0.1, 0.15) is 6.92 Å². The summed E-state index contributed by atoms with van der Waals surface area (Å²) in [5.41, 5.74) is 0. The van der Waals surface area contributed by atoms with Crippen LogP contribution in [0.4, 0.5) is 0 Å². The van der Waals surface area contributed by atoms with Crippen molar-refractivity contribution in [1.82, 2.24) is 10.3 Å². The molecule has 0 atom stereocenters. The molecule has 12 heavy (non-hydrogen) atoms. The predicted octanol–water partition coefficient (Wildman–Crippen LogP) is 2.40. The molecule has 0 fully saturated rings. The minimum Gasteiger partial charge on any atom is -0.392 e. The summed E-state index contributed by atoms with van der Waals surface area (Å²) in [5.74, 6) is 0. The lowest BCUT2D eigenvalue weighted by atomic mass is 10.5. The van der Waals surface area contributed by atoms with Crippen molar-refractivity contribution in [3.8, 4) is 0 Å². The highest BCUT2D eigenvalue weighted by atomic mass is 79.9. The summed E-state index contributed by atoms with van der Waals surface area (Å²) < 4.78 is 0. The fraction of sp³-hybridized carbons (Fsp3) is 0.222. The number of aromatic nitrogens is 1. The molecule has 0 aromatic carbocycles. The van der Waals surface area contributed by atoms with E-state index in [1.54, 1.807) is 18.6 Å². The SMILES string of the molecule is Br.C=CNCC.c1ccncc1. The third-order valence-electron chi connectivity index (χ3n) is 0.915. The maximum absolute atomic E-state index is 3.78. The zero-order chi connectivity index (χ0) is 8.36. The standard InChI is InChI=1S/C5H5N.C4H9N.BrH/c1-2-4-6-5-3-1;1-3-5-4-2;/h1-5H;3,5H,1,4H2,2H3;1H. The molecule has 0 aliphatic heterocycles. The first kappa shape index (κ1) is 13.7. The fourth-order valence-electron chi connectivity index (χ4n) is 0.457. The quantitative estimate of drug-likeness (QED) is 0.845. The van der Waals surface area contributed by atoms with Gasteiger partial charge in [-0.3, -0.25) is 4.98 Å². The summed E-state index contributed by atoms with van der Waals surface area (Å²) >= 11 is 0. The Balaban J connectivity index is 0. The van der Waals surface area contributed by atoms with Crippen LogP contribution >= 0.6 is 17.0 Å². The minimum absolute atomic E-state index is 0. The second-order valence-corrected chi connectivity index (χ2v) is 1.79. The van der Waals surface area contributed by atoms with Crippen molar-refractivity contribution < 1.29 is 0 Å². The Labute approximate surface area is 84.5 Å². The molecule has 1 N–H and O–H groups in total. The highest BCUT2D eigenvalue weighted by Gasteiger charge is 1.58. The Kier molecular flexibility index (Phi) is 14.7. The van der Waals surface area contributed by atoms with Gasteiger partial charge in [-0.05, 0) is 25.3 Å². The molecule has 68 valence electrons. The van der Waals surface area contributed by atoms with Gasteiger partial charge in [-0.25, -0.2) is 0 Å². The molecule has 1 heterocycles. The molecule has 0 aliphatic rings. The van der Waals surface area contributed by atoms with Crippen molar-refractivity contribution in [1.29, 1.82) is 0 Å². The summed E-state index contributed by atoms with van der Waals surface area (Å²) in [5, 5.41) is 2.88. The molecule has 0 saturated carbocycles. The molecule has 1 aromatic rings. The number of pyridine rings is 1. The maximum atomic E-state index is 3.78. The van der Waals surface area contributed by atoms with Crippen molar-refractivity contribution in [2.45, 2.75) is 6.92 Å². The molecule has 0 spiro atoms. The van der Waals surface area contributed by atoms with E-state index < -0.39 is 0 Å². The van der Waals surface area contributed by atoms with Crippen LogP contribution in [-0.2, 0) is 0 Å². The van der Waals surface area contributed by atoms with E-state index in [-0.39, 0.29) is 17.0 Å². The summed E-state index contributed by atoms with van der Waals surface area (Å²) in [6.07, 6.45) is 5.18. The van der Waals surface area contributed by atoms with Crippen LogP contribution in [0.5, 0.6) is 0 Å². The van der Waals surface area contributed by atoms with Gasteiger partial charge in [0.2, 0.25) is 0 Å². The van der Waals surface area contributed by atoms with Gasteiger partial charge < -0.3 is 5.32 Å².